The Morgan fingerprint density at radius 3 is 2.42 bits per heavy atom. The van der Waals surface area contributed by atoms with Crippen LogP contribution in [0.4, 0.5) is 0 Å². The number of nitrogens with zero attached hydrogens (tertiary/aromatic N) is 1. The molecule has 4 nitrogen and oxygen atoms in total. The van der Waals surface area contributed by atoms with E-state index >= 15 is 0 Å². The maximum atomic E-state index is 10.3. The van der Waals surface area contributed by atoms with Gasteiger partial charge >= 0.3 is 93.3 Å². The Bertz CT molecular complexity index is 134. The van der Waals surface area contributed by atoms with Crippen molar-refractivity contribution in [1.82, 2.24) is 0 Å². The van der Waals surface area contributed by atoms with E-state index in [1.807, 2.05) is 6.92 Å². The molecule has 0 fully saturated rings. The summed E-state index contributed by atoms with van der Waals surface area (Å²) in [4.78, 5) is 10.3. The van der Waals surface area contributed by atoms with Crippen molar-refractivity contribution in [2.45, 2.75) is 26.1 Å². The van der Waals surface area contributed by atoms with Gasteiger partial charge in [0.2, 0.25) is 0 Å². The van der Waals surface area contributed by atoms with Crippen LogP contribution in [0.3, 0.4) is 0 Å². The fourth-order valence-corrected chi connectivity index (χ4v) is 5.89. The zero-order chi connectivity index (χ0) is 9.56. The van der Waals surface area contributed by atoms with Crippen LogP contribution < -0.4 is 42.4 Å². The van der Waals surface area contributed by atoms with Gasteiger partial charge in [0.05, 0.1) is 0 Å². The molecule has 76 valence electrons. The zero-order valence-electron chi connectivity index (χ0n) is 6.94. The quantitative estimate of drug-likeness (QED) is 0.202. The number of aliphatic hydroxyl groups is 2. The first-order chi connectivity index (χ1) is 5.61. The molecule has 0 saturated heterocycles. The third-order valence-electron chi connectivity index (χ3n) is 0.951. The number of hydrogen-bond acceptors (Lipinski definition) is 4. The van der Waals surface area contributed by atoms with E-state index < -0.39 is 33.5 Å². The van der Waals surface area contributed by atoms with Gasteiger partial charge < -0.3 is 0 Å². The van der Waals surface area contributed by atoms with Gasteiger partial charge in [-0.2, -0.15) is 0 Å². The average Bonchev–Trinajstić information content (AvgIpc) is 2.00. The van der Waals surface area contributed by atoms with Crippen molar-refractivity contribution in [1.29, 1.82) is 0 Å². The predicted molar refractivity (Wildman–Crippen MR) is 37.8 cm³/mol. The van der Waals surface area contributed by atoms with Crippen LogP contribution in [0.25, 0.3) is 0 Å². The number of rotatable bonds is 6. The van der Waals surface area contributed by atoms with Gasteiger partial charge in [0.15, 0.2) is 0 Å². The van der Waals surface area contributed by atoms with Gasteiger partial charge in [0.1, 0.15) is 0 Å². The molecular weight excluding hydrogens is 388 g/mol. The molecule has 0 aromatic carbocycles. The van der Waals surface area contributed by atoms with Gasteiger partial charge in [-0.25, -0.2) is 0 Å². The monoisotopic (exact) mass is 401 g/mol. The molecule has 0 aliphatic rings. The van der Waals surface area contributed by atoms with Crippen LogP contribution in [0.2, 0.25) is 0 Å². The van der Waals surface area contributed by atoms with Gasteiger partial charge in [0.25, 0.3) is 0 Å². The Morgan fingerprint density at radius 2 is 2.08 bits per heavy atom. The molecule has 12 heavy (non-hydrogen) atoms. The third kappa shape index (κ3) is 5.60. The van der Waals surface area contributed by atoms with E-state index in [4.69, 9.17) is 5.11 Å². The molecular formula is C6H13I2NO3-2. The minimum absolute atomic E-state index is 0.335. The van der Waals surface area contributed by atoms with E-state index in [-0.39, 0.29) is 21.2 Å². The number of alkyl halides is 4. The van der Waals surface area contributed by atoms with E-state index in [1.165, 1.54) is 0 Å². The Labute approximate surface area is 92.6 Å². The second-order valence-electron chi connectivity index (χ2n) is 1.97. The molecule has 3 unspecified atom stereocenters. The van der Waals surface area contributed by atoms with Crippen LogP contribution in [0.5, 0.6) is 0 Å². The van der Waals surface area contributed by atoms with E-state index in [0.29, 0.717) is 0 Å². The average molecular weight is 401 g/mol. The van der Waals surface area contributed by atoms with E-state index in [9.17, 15) is 10.0 Å². The Hall–Kier alpha value is 0.980. The van der Waals surface area contributed by atoms with Gasteiger partial charge in [-0.1, -0.05) is 0 Å². The minimum atomic E-state index is -0.700. The number of nitroso groups, excluding NO2 is 1. The molecule has 3 atom stereocenters. The van der Waals surface area contributed by atoms with Gasteiger partial charge in [-0.15, -0.1) is 0 Å². The van der Waals surface area contributed by atoms with Gasteiger partial charge in [-0.05, 0) is 0 Å². The predicted octanol–water partition coefficient (Wildman–Crippen LogP) is -6.07. The Morgan fingerprint density at radius 1 is 1.50 bits per heavy atom. The molecule has 0 aliphatic carbocycles. The molecule has 0 spiro atoms. The van der Waals surface area contributed by atoms with Crippen LogP contribution in [-0.4, -0.2) is 26.9 Å². The molecule has 0 aliphatic heterocycles. The molecule has 0 saturated carbocycles. The molecule has 0 aromatic heterocycles. The summed E-state index contributed by atoms with van der Waals surface area (Å²) in [7, 11) is 0. The number of halogens is 2. The van der Waals surface area contributed by atoms with Crippen LogP contribution >= 0.6 is 0 Å². The molecule has 0 amide bonds. The fraction of sp³-hybridized carbons (Fsp3) is 1.00. The van der Waals surface area contributed by atoms with Gasteiger partial charge in [0, 0.05) is 0 Å². The standard InChI is InChI=1S/C6H13I2NO3/c1-3-7-6(11)5(9-12)8-4(2)10/h4-6,10-11H,3H2,1-2H3/q-2. The van der Waals surface area contributed by atoms with E-state index in [2.05, 4.69) is 5.18 Å². The SMILES string of the molecule is CC[I-]C(O)C(N=O)[I-]C(C)O. The summed E-state index contributed by atoms with van der Waals surface area (Å²) >= 11 is -1.03. The first kappa shape index (κ1) is 13.0. The third-order valence-corrected chi connectivity index (χ3v) is 7.48. The molecule has 0 heterocycles. The summed E-state index contributed by atoms with van der Waals surface area (Å²) in [5, 5.41) is 21.3. The fourth-order valence-electron chi connectivity index (χ4n) is 0.552. The van der Waals surface area contributed by atoms with Crippen molar-refractivity contribution in [2.24, 2.45) is 5.18 Å². The molecule has 6 heteroatoms. The summed E-state index contributed by atoms with van der Waals surface area (Å²) in [6.07, 6.45) is 0. The van der Waals surface area contributed by atoms with Crippen molar-refractivity contribution in [3.63, 3.8) is 0 Å². The first-order valence-electron chi connectivity index (χ1n) is 3.50. The summed E-state index contributed by atoms with van der Waals surface area (Å²) in [6, 6.07) is 0. The molecule has 0 radical (unpaired) electrons. The molecule has 0 rings (SSSR count). The van der Waals surface area contributed by atoms with Crippen LogP contribution in [-0.2, 0) is 0 Å². The van der Waals surface area contributed by atoms with Crippen molar-refractivity contribution in [2.75, 3.05) is 4.43 Å². The van der Waals surface area contributed by atoms with Gasteiger partial charge in [-0.3, -0.25) is 0 Å². The van der Waals surface area contributed by atoms with E-state index in [1.54, 1.807) is 6.92 Å². The van der Waals surface area contributed by atoms with Crippen molar-refractivity contribution >= 4 is 0 Å². The van der Waals surface area contributed by atoms with E-state index in [0.717, 1.165) is 4.43 Å². The first-order valence-corrected chi connectivity index (χ1v) is 8.76. The van der Waals surface area contributed by atoms with Crippen molar-refractivity contribution < 1.29 is 52.6 Å². The Kier molecular flexibility index (Phi) is 7.99. The zero-order valence-corrected chi connectivity index (χ0v) is 11.3. The second kappa shape index (κ2) is 7.39. The summed E-state index contributed by atoms with van der Waals surface area (Å²) in [5.74, 6) is 0. The summed E-state index contributed by atoms with van der Waals surface area (Å²) < 4.78 is -0.567. The normalized spacial score (nSPS) is 19.0. The van der Waals surface area contributed by atoms with Crippen LogP contribution in [0.1, 0.15) is 13.8 Å². The molecule has 0 aromatic rings. The topological polar surface area (TPSA) is 69.9 Å². The maximum absolute atomic E-state index is 10.3. The summed E-state index contributed by atoms with van der Waals surface area (Å²) in [5.41, 5.74) is 0. The Balaban J connectivity index is 3.86. The second-order valence-corrected chi connectivity index (χ2v) is 9.45. The number of aliphatic hydroxyl groups excluding tert-OH is 2. The summed E-state index contributed by atoms with van der Waals surface area (Å²) in [6.45, 7) is 3.63. The van der Waals surface area contributed by atoms with Crippen molar-refractivity contribution in [3.8, 4) is 0 Å². The van der Waals surface area contributed by atoms with Crippen LogP contribution in [0, 0.1) is 4.91 Å². The van der Waals surface area contributed by atoms with Crippen molar-refractivity contribution in [3.05, 3.63) is 4.91 Å². The molecule has 2 N–H and O–H groups in total. The number of hydrogen-bond donors (Lipinski definition) is 2. The van der Waals surface area contributed by atoms with Crippen LogP contribution in [0.15, 0.2) is 5.18 Å². The molecule has 0 bridgehead atoms.